The maximum atomic E-state index is 11.7. The molecular formula is C11H12N4O. The predicted octanol–water partition coefficient (Wildman–Crippen LogP) is 1.49. The fourth-order valence-electron chi connectivity index (χ4n) is 1.83. The Morgan fingerprint density at radius 1 is 1.56 bits per heavy atom. The summed E-state index contributed by atoms with van der Waals surface area (Å²) in [4.78, 5) is 23.1. The fraction of sp³-hybridized carbons (Fsp3) is 0.364. The van der Waals surface area contributed by atoms with Crippen LogP contribution in [0.3, 0.4) is 0 Å². The van der Waals surface area contributed by atoms with Crippen LogP contribution in [0.15, 0.2) is 17.1 Å². The third-order valence-corrected chi connectivity index (χ3v) is 2.69. The summed E-state index contributed by atoms with van der Waals surface area (Å²) in [6.07, 6.45) is 7.56. The molecule has 0 radical (unpaired) electrons. The minimum absolute atomic E-state index is 0.102. The summed E-state index contributed by atoms with van der Waals surface area (Å²) in [5.74, 6) is 0. The van der Waals surface area contributed by atoms with Crippen molar-refractivity contribution >= 4 is 17.4 Å². The third-order valence-electron chi connectivity index (χ3n) is 2.69. The summed E-state index contributed by atoms with van der Waals surface area (Å²) in [6, 6.07) is 0.316. The van der Waals surface area contributed by atoms with Crippen LogP contribution in [0, 0.1) is 0 Å². The molecule has 1 N–H and O–H groups in total. The molecule has 82 valence electrons. The first-order valence-corrected chi connectivity index (χ1v) is 5.39. The molecule has 0 amide bonds. The van der Waals surface area contributed by atoms with Gasteiger partial charge in [0.1, 0.15) is 0 Å². The Bertz CT molecular complexity index is 618. The van der Waals surface area contributed by atoms with E-state index in [0.29, 0.717) is 17.3 Å². The molecule has 16 heavy (non-hydrogen) atoms. The van der Waals surface area contributed by atoms with Crippen molar-refractivity contribution in [3.8, 4) is 0 Å². The average Bonchev–Trinajstić information content (AvgIpc) is 3.02. The number of nitrogens with zero attached hydrogens (tertiary/aromatic N) is 3. The number of aromatic amines is 1. The number of rotatable bonds is 2. The second-order valence-corrected chi connectivity index (χ2v) is 4.00. The van der Waals surface area contributed by atoms with Crippen LogP contribution in [-0.2, 0) is 0 Å². The highest BCUT2D eigenvalue weighted by molar-refractivity contribution is 5.67. The minimum atomic E-state index is -0.102. The number of allylic oxidation sites excluding steroid dienone is 1. The number of hydrogen-bond acceptors (Lipinski definition) is 3. The normalized spacial score (nSPS) is 16.3. The predicted molar refractivity (Wildman–Crippen MR) is 61.1 cm³/mol. The topological polar surface area (TPSA) is 63.6 Å². The van der Waals surface area contributed by atoms with Crippen molar-refractivity contribution in [2.45, 2.75) is 25.8 Å². The molecule has 5 nitrogen and oxygen atoms in total. The van der Waals surface area contributed by atoms with Gasteiger partial charge in [-0.3, -0.25) is 9.55 Å². The molecule has 1 aliphatic rings. The van der Waals surface area contributed by atoms with E-state index in [4.69, 9.17) is 0 Å². The second-order valence-electron chi connectivity index (χ2n) is 4.00. The molecule has 0 spiro atoms. The summed E-state index contributed by atoms with van der Waals surface area (Å²) < 4.78 is 1.72. The lowest BCUT2D eigenvalue weighted by Crippen LogP contribution is -2.15. The van der Waals surface area contributed by atoms with E-state index in [1.54, 1.807) is 10.8 Å². The van der Waals surface area contributed by atoms with Gasteiger partial charge in [-0.15, -0.1) is 0 Å². The van der Waals surface area contributed by atoms with Gasteiger partial charge in [0.2, 0.25) is 0 Å². The first kappa shape index (κ1) is 9.33. The average molecular weight is 216 g/mol. The molecule has 0 aliphatic heterocycles. The van der Waals surface area contributed by atoms with Crippen LogP contribution in [-0.4, -0.2) is 19.5 Å². The van der Waals surface area contributed by atoms with E-state index in [1.807, 2.05) is 19.1 Å². The summed E-state index contributed by atoms with van der Waals surface area (Å²) in [7, 11) is 0. The van der Waals surface area contributed by atoms with Gasteiger partial charge in [-0.1, -0.05) is 6.08 Å². The monoisotopic (exact) mass is 216 g/mol. The van der Waals surface area contributed by atoms with Crippen LogP contribution in [0.4, 0.5) is 0 Å². The molecule has 0 unspecified atom stereocenters. The highest BCUT2D eigenvalue weighted by Crippen LogP contribution is 2.34. The Balaban J connectivity index is 2.27. The van der Waals surface area contributed by atoms with Crippen LogP contribution in [0.1, 0.15) is 31.5 Å². The highest BCUT2D eigenvalue weighted by atomic mass is 16.1. The van der Waals surface area contributed by atoms with Crippen molar-refractivity contribution in [2.75, 3.05) is 0 Å². The van der Waals surface area contributed by atoms with Crippen LogP contribution < -0.4 is 5.69 Å². The molecule has 0 aromatic carbocycles. The van der Waals surface area contributed by atoms with Crippen LogP contribution in [0.25, 0.3) is 17.4 Å². The summed E-state index contributed by atoms with van der Waals surface area (Å²) in [5.41, 5.74) is 1.92. The number of aromatic nitrogens is 4. The van der Waals surface area contributed by atoms with Crippen molar-refractivity contribution in [1.29, 1.82) is 0 Å². The van der Waals surface area contributed by atoms with E-state index in [0.717, 1.165) is 18.5 Å². The third kappa shape index (κ3) is 1.36. The van der Waals surface area contributed by atoms with E-state index in [-0.39, 0.29) is 5.69 Å². The summed E-state index contributed by atoms with van der Waals surface area (Å²) in [5, 5.41) is 0. The van der Waals surface area contributed by atoms with Crippen molar-refractivity contribution in [1.82, 2.24) is 19.5 Å². The number of nitrogens with one attached hydrogen (secondary N) is 1. The quantitative estimate of drug-likeness (QED) is 0.827. The van der Waals surface area contributed by atoms with Crippen LogP contribution in [0.5, 0.6) is 0 Å². The Hall–Kier alpha value is -1.91. The number of hydrogen-bond donors (Lipinski definition) is 1. The van der Waals surface area contributed by atoms with Gasteiger partial charge in [-0.25, -0.2) is 14.8 Å². The molecular weight excluding hydrogens is 204 g/mol. The first-order valence-electron chi connectivity index (χ1n) is 5.39. The molecule has 3 rings (SSSR count). The van der Waals surface area contributed by atoms with Crippen LogP contribution in [0.2, 0.25) is 0 Å². The maximum absolute atomic E-state index is 11.7. The Kier molecular flexibility index (Phi) is 1.92. The standard InChI is InChI=1S/C11H12N4O/c1-2-3-7-6-12-9-10(13-7)15(8-4-5-8)11(16)14-9/h2-3,6,8H,4-5H2,1H3,(H,12,14,16)/b3-2+. The van der Waals surface area contributed by atoms with Crippen molar-refractivity contribution < 1.29 is 0 Å². The molecule has 2 heterocycles. The molecule has 1 fully saturated rings. The molecule has 1 aliphatic carbocycles. The lowest BCUT2D eigenvalue weighted by atomic mass is 10.4. The SMILES string of the molecule is C/C=C/c1cnc2[nH]c(=O)n(C3CC3)c2n1. The Morgan fingerprint density at radius 2 is 2.38 bits per heavy atom. The lowest BCUT2D eigenvalue weighted by molar-refractivity contribution is 0.725. The molecule has 5 heteroatoms. The molecule has 2 aromatic rings. The van der Waals surface area contributed by atoms with Gasteiger partial charge in [0.05, 0.1) is 11.9 Å². The van der Waals surface area contributed by atoms with Crippen molar-refractivity contribution in [2.24, 2.45) is 0 Å². The van der Waals surface area contributed by atoms with Gasteiger partial charge in [0, 0.05) is 6.04 Å². The molecule has 2 aromatic heterocycles. The number of H-pyrrole nitrogens is 1. The second kappa shape index (κ2) is 3.30. The van der Waals surface area contributed by atoms with E-state index < -0.39 is 0 Å². The molecule has 0 atom stereocenters. The maximum Gasteiger partial charge on any atom is 0.329 e. The lowest BCUT2D eigenvalue weighted by Gasteiger charge is -1.98. The van der Waals surface area contributed by atoms with Crippen molar-refractivity contribution in [3.63, 3.8) is 0 Å². The van der Waals surface area contributed by atoms with Gasteiger partial charge in [0.15, 0.2) is 11.3 Å². The van der Waals surface area contributed by atoms with Gasteiger partial charge >= 0.3 is 5.69 Å². The smallest absolute Gasteiger partial charge is 0.289 e. The van der Waals surface area contributed by atoms with E-state index in [1.165, 1.54) is 0 Å². The first-order chi connectivity index (χ1) is 7.79. The summed E-state index contributed by atoms with van der Waals surface area (Å²) in [6.45, 7) is 1.93. The minimum Gasteiger partial charge on any atom is -0.289 e. The van der Waals surface area contributed by atoms with E-state index in [2.05, 4.69) is 15.0 Å². The van der Waals surface area contributed by atoms with Gasteiger partial charge < -0.3 is 0 Å². The van der Waals surface area contributed by atoms with Gasteiger partial charge in [0.25, 0.3) is 0 Å². The molecule has 0 saturated heterocycles. The van der Waals surface area contributed by atoms with Crippen molar-refractivity contribution in [3.05, 3.63) is 28.5 Å². The zero-order chi connectivity index (χ0) is 11.1. The van der Waals surface area contributed by atoms with E-state index in [9.17, 15) is 4.79 Å². The molecule has 0 bridgehead atoms. The Morgan fingerprint density at radius 3 is 3.06 bits per heavy atom. The number of imidazole rings is 1. The van der Waals surface area contributed by atoms with E-state index >= 15 is 0 Å². The zero-order valence-electron chi connectivity index (χ0n) is 8.97. The largest absolute Gasteiger partial charge is 0.329 e. The van der Waals surface area contributed by atoms with Gasteiger partial charge in [-0.2, -0.15) is 0 Å². The van der Waals surface area contributed by atoms with Gasteiger partial charge in [-0.05, 0) is 25.8 Å². The molecule has 1 saturated carbocycles. The summed E-state index contributed by atoms with van der Waals surface area (Å²) >= 11 is 0. The highest BCUT2D eigenvalue weighted by Gasteiger charge is 2.28. The number of fused-ring (bicyclic) bond motifs is 1. The fourth-order valence-corrected chi connectivity index (χ4v) is 1.83. The zero-order valence-corrected chi connectivity index (χ0v) is 8.97. The Labute approximate surface area is 91.8 Å². The van der Waals surface area contributed by atoms with Crippen LogP contribution >= 0.6 is 0 Å².